The van der Waals surface area contributed by atoms with Crippen molar-refractivity contribution in [1.82, 2.24) is 0 Å². The first-order chi connectivity index (χ1) is 4.92. The summed E-state index contributed by atoms with van der Waals surface area (Å²) in [6, 6.07) is 0. The van der Waals surface area contributed by atoms with Gasteiger partial charge in [0.15, 0.2) is 6.29 Å². The zero-order valence-electron chi connectivity index (χ0n) is 6.65. The fraction of sp³-hybridized carbons (Fsp3) is 1.00. The highest BCUT2D eigenvalue weighted by Gasteiger charge is 2.36. The van der Waals surface area contributed by atoms with Crippen molar-refractivity contribution >= 4 is 0 Å². The van der Waals surface area contributed by atoms with Crippen molar-refractivity contribution in [3.8, 4) is 0 Å². The minimum Gasteiger partial charge on any atom is -0.368 e. The van der Waals surface area contributed by atoms with Gasteiger partial charge in [-0.1, -0.05) is 6.92 Å². The lowest BCUT2D eigenvalue weighted by atomic mass is 9.95. The quantitative estimate of drug-likeness (QED) is 0.350. The molecule has 0 aliphatic rings. The van der Waals surface area contributed by atoms with Crippen LogP contribution in [-0.4, -0.2) is 27.0 Å². The van der Waals surface area contributed by atoms with Crippen molar-refractivity contribution in [3.05, 3.63) is 10.1 Å². The van der Waals surface area contributed by atoms with Crippen LogP contribution in [-0.2, 0) is 0 Å². The molecule has 0 aliphatic carbocycles. The van der Waals surface area contributed by atoms with E-state index in [4.69, 9.17) is 10.2 Å². The summed E-state index contributed by atoms with van der Waals surface area (Å²) in [4.78, 5) is 9.89. The molecule has 0 rings (SSSR count). The summed E-state index contributed by atoms with van der Waals surface area (Å²) >= 11 is 0. The summed E-state index contributed by atoms with van der Waals surface area (Å²) in [5, 5.41) is 27.4. The van der Waals surface area contributed by atoms with Crippen LogP contribution in [0.4, 0.5) is 0 Å². The maximum Gasteiger partial charge on any atom is 0.224 e. The number of nitro groups is 1. The van der Waals surface area contributed by atoms with Crippen molar-refractivity contribution in [2.75, 3.05) is 0 Å². The molecule has 11 heavy (non-hydrogen) atoms. The van der Waals surface area contributed by atoms with Crippen LogP contribution in [0.2, 0.25) is 0 Å². The average Bonchev–Trinajstić information content (AvgIpc) is 1.86. The lowest BCUT2D eigenvalue weighted by molar-refractivity contribution is -0.570. The number of nitrogens with zero attached hydrogens (tertiary/aromatic N) is 1. The van der Waals surface area contributed by atoms with Gasteiger partial charge in [0.25, 0.3) is 0 Å². The van der Waals surface area contributed by atoms with Gasteiger partial charge in [0.2, 0.25) is 5.54 Å². The Morgan fingerprint density at radius 1 is 1.64 bits per heavy atom. The van der Waals surface area contributed by atoms with Crippen LogP contribution in [0.3, 0.4) is 0 Å². The topological polar surface area (TPSA) is 83.6 Å². The molecule has 2 N–H and O–H groups in total. The number of hydrogen-bond donors (Lipinski definition) is 2. The largest absolute Gasteiger partial charge is 0.368 e. The van der Waals surface area contributed by atoms with E-state index in [0.29, 0.717) is 0 Å². The van der Waals surface area contributed by atoms with Crippen LogP contribution in [0, 0.1) is 10.1 Å². The molecule has 0 heterocycles. The third-order valence-corrected chi connectivity index (χ3v) is 1.82. The molecule has 66 valence electrons. The third kappa shape index (κ3) is 2.81. The van der Waals surface area contributed by atoms with Gasteiger partial charge in [0, 0.05) is 18.3 Å². The van der Waals surface area contributed by atoms with E-state index in [1.807, 2.05) is 0 Å². The second-order valence-corrected chi connectivity index (χ2v) is 2.79. The van der Waals surface area contributed by atoms with E-state index in [1.54, 1.807) is 6.92 Å². The van der Waals surface area contributed by atoms with E-state index >= 15 is 0 Å². The van der Waals surface area contributed by atoms with E-state index in [9.17, 15) is 10.1 Å². The molecule has 0 aromatic carbocycles. The van der Waals surface area contributed by atoms with Crippen molar-refractivity contribution < 1.29 is 15.1 Å². The normalized spacial score (nSPS) is 16.5. The minimum absolute atomic E-state index is 0.226. The van der Waals surface area contributed by atoms with Gasteiger partial charge in [-0.2, -0.15) is 0 Å². The van der Waals surface area contributed by atoms with Crippen molar-refractivity contribution in [3.63, 3.8) is 0 Å². The molecule has 0 spiro atoms. The second kappa shape index (κ2) is 3.64. The highest BCUT2D eigenvalue weighted by atomic mass is 16.6. The van der Waals surface area contributed by atoms with Gasteiger partial charge in [-0.25, -0.2) is 0 Å². The first kappa shape index (κ1) is 10.3. The summed E-state index contributed by atoms with van der Waals surface area (Å²) in [5.41, 5.74) is -1.21. The predicted molar refractivity (Wildman–Crippen MR) is 38.5 cm³/mol. The molecule has 0 saturated heterocycles. The van der Waals surface area contributed by atoms with Gasteiger partial charge in [-0.3, -0.25) is 10.1 Å². The Labute approximate surface area is 64.8 Å². The molecule has 0 bridgehead atoms. The van der Waals surface area contributed by atoms with Crippen molar-refractivity contribution in [1.29, 1.82) is 0 Å². The fourth-order valence-electron chi connectivity index (χ4n) is 0.741. The van der Waals surface area contributed by atoms with Gasteiger partial charge >= 0.3 is 0 Å². The SMILES string of the molecule is CCC(C)(CC(O)O)[N+](=O)[O-]. The molecule has 0 radical (unpaired) electrons. The Kier molecular flexibility index (Phi) is 3.41. The minimum atomic E-state index is -1.61. The van der Waals surface area contributed by atoms with Crippen LogP contribution in [0.25, 0.3) is 0 Å². The molecule has 1 atom stereocenters. The first-order valence-corrected chi connectivity index (χ1v) is 3.43. The van der Waals surface area contributed by atoms with E-state index in [2.05, 4.69) is 0 Å². The number of aliphatic hydroxyl groups excluding tert-OH is 1. The van der Waals surface area contributed by atoms with Crippen LogP contribution in [0.5, 0.6) is 0 Å². The zero-order chi connectivity index (χ0) is 9.07. The molecule has 0 aromatic heterocycles. The number of rotatable bonds is 4. The highest BCUT2D eigenvalue weighted by Crippen LogP contribution is 2.19. The van der Waals surface area contributed by atoms with E-state index < -0.39 is 16.8 Å². The molecule has 0 fully saturated rings. The van der Waals surface area contributed by atoms with Crippen LogP contribution < -0.4 is 0 Å². The van der Waals surface area contributed by atoms with Crippen molar-refractivity contribution in [2.45, 2.75) is 38.5 Å². The van der Waals surface area contributed by atoms with Gasteiger partial charge < -0.3 is 10.2 Å². The summed E-state index contributed by atoms with van der Waals surface area (Å²) in [7, 11) is 0. The number of hydrogen-bond acceptors (Lipinski definition) is 4. The highest BCUT2D eigenvalue weighted by molar-refractivity contribution is 4.71. The molecule has 1 unspecified atom stereocenters. The zero-order valence-corrected chi connectivity index (χ0v) is 6.65. The van der Waals surface area contributed by atoms with Crippen molar-refractivity contribution in [2.24, 2.45) is 0 Å². The molecular formula is C6H13NO4. The van der Waals surface area contributed by atoms with E-state index in [1.165, 1.54) is 6.92 Å². The summed E-state index contributed by atoms with van der Waals surface area (Å²) in [5.74, 6) is 0. The van der Waals surface area contributed by atoms with Crippen LogP contribution in [0.1, 0.15) is 26.7 Å². The molecule has 0 amide bonds. The molecular weight excluding hydrogens is 150 g/mol. The molecule has 0 aliphatic heterocycles. The maximum absolute atomic E-state index is 10.4. The Morgan fingerprint density at radius 2 is 2.09 bits per heavy atom. The lowest BCUT2D eigenvalue weighted by Gasteiger charge is -2.19. The Hall–Kier alpha value is -0.680. The predicted octanol–water partition coefficient (Wildman–Crippen LogP) is 0.133. The monoisotopic (exact) mass is 163 g/mol. The van der Waals surface area contributed by atoms with E-state index in [-0.39, 0.29) is 12.8 Å². The second-order valence-electron chi connectivity index (χ2n) is 2.79. The lowest BCUT2D eigenvalue weighted by Crippen LogP contribution is -2.37. The summed E-state index contributed by atoms with van der Waals surface area (Å²) in [6.45, 7) is 3.04. The Morgan fingerprint density at radius 3 is 2.18 bits per heavy atom. The summed E-state index contributed by atoms with van der Waals surface area (Å²) in [6.07, 6.45) is -1.54. The smallest absolute Gasteiger partial charge is 0.224 e. The van der Waals surface area contributed by atoms with Crippen LogP contribution in [0.15, 0.2) is 0 Å². The molecule has 0 aromatic rings. The Balaban J connectivity index is 4.22. The van der Waals surface area contributed by atoms with Gasteiger partial charge in [0.1, 0.15) is 0 Å². The Bertz CT molecular complexity index is 148. The molecule has 5 heteroatoms. The fourth-order valence-corrected chi connectivity index (χ4v) is 0.741. The third-order valence-electron chi connectivity index (χ3n) is 1.82. The summed E-state index contributed by atoms with van der Waals surface area (Å²) < 4.78 is 0. The van der Waals surface area contributed by atoms with Gasteiger partial charge in [-0.15, -0.1) is 0 Å². The standard InChI is InChI=1S/C6H13NO4/c1-3-6(2,7(10)11)4-5(8)9/h5,8-9H,3-4H2,1-2H3. The maximum atomic E-state index is 10.4. The van der Waals surface area contributed by atoms with Gasteiger partial charge in [0.05, 0.1) is 6.42 Å². The van der Waals surface area contributed by atoms with Crippen LogP contribution >= 0.6 is 0 Å². The van der Waals surface area contributed by atoms with E-state index in [0.717, 1.165) is 0 Å². The average molecular weight is 163 g/mol. The number of aliphatic hydroxyl groups is 2. The molecule has 0 saturated carbocycles. The molecule has 5 nitrogen and oxygen atoms in total. The first-order valence-electron chi connectivity index (χ1n) is 3.43. The van der Waals surface area contributed by atoms with Gasteiger partial charge in [-0.05, 0) is 0 Å².